The first-order valence-corrected chi connectivity index (χ1v) is 7.95. The molecule has 1 aromatic heterocycles. The van der Waals surface area contributed by atoms with Gasteiger partial charge in [-0.3, -0.25) is 4.79 Å². The number of carbonyl (C=O) groups excluding carboxylic acids is 2. The van der Waals surface area contributed by atoms with Gasteiger partial charge < -0.3 is 15.2 Å². The van der Waals surface area contributed by atoms with Gasteiger partial charge in [-0.1, -0.05) is 0 Å². The molecule has 2 rings (SSSR count). The van der Waals surface area contributed by atoms with Crippen LogP contribution in [0.1, 0.15) is 0 Å². The summed E-state index contributed by atoms with van der Waals surface area (Å²) in [6.45, 7) is 0. The maximum Gasteiger partial charge on any atom is 0.264 e. The highest BCUT2D eigenvalue weighted by Gasteiger charge is 2.15. The van der Waals surface area contributed by atoms with Gasteiger partial charge >= 0.3 is 0 Å². The van der Waals surface area contributed by atoms with Crippen LogP contribution < -0.4 is 15.1 Å². The molecular weight excluding hydrogens is 336 g/mol. The minimum Gasteiger partial charge on any atom is -0.545 e. The molecule has 0 aliphatic carbocycles. The molecule has 0 unspecified atom stereocenters. The first kappa shape index (κ1) is 17.1. The van der Waals surface area contributed by atoms with Crippen LogP contribution >= 0.6 is 0 Å². The Hall–Kier alpha value is -3.27. The van der Waals surface area contributed by atoms with Crippen LogP contribution in [0.3, 0.4) is 0 Å². The van der Waals surface area contributed by atoms with Crippen molar-refractivity contribution in [2.45, 2.75) is 4.90 Å². The molecule has 0 aliphatic rings. The van der Waals surface area contributed by atoms with E-state index >= 15 is 0 Å². The zero-order valence-electron chi connectivity index (χ0n) is 12.0. The number of carbonyl (C=O) groups is 2. The number of aromatic nitrogens is 2. The van der Waals surface area contributed by atoms with Crippen molar-refractivity contribution < 1.29 is 23.1 Å². The van der Waals surface area contributed by atoms with Crippen molar-refractivity contribution in [2.75, 3.05) is 10.0 Å². The smallest absolute Gasteiger partial charge is 0.264 e. The van der Waals surface area contributed by atoms with Crippen molar-refractivity contribution in [3.63, 3.8) is 0 Å². The van der Waals surface area contributed by atoms with Gasteiger partial charge in [-0.05, 0) is 36.4 Å². The highest BCUT2D eigenvalue weighted by Crippen LogP contribution is 2.16. The molecule has 1 aromatic carbocycles. The lowest BCUT2D eigenvalue weighted by Crippen LogP contribution is -2.20. The minimum absolute atomic E-state index is 0.0572. The standard InChI is InChI=1S/C14H12N4O5S/c19-12(6-7-13(20)21)17-10-2-4-11(5-3-10)24(22,23)18-14-15-8-1-9-16-14/h1-9H,(H,17,19)(H,20,21)(H,15,16,18)/p-1/b7-6+. The van der Waals surface area contributed by atoms with Crippen molar-refractivity contribution in [3.05, 3.63) is 54.9 Å². The summed E-state index contributed by atoms with van der Waals surface area (Å²) in [6, 6.07) is 6.78. The summed E-state index contributed by atoms with van der Waals surface area (Å²) in [5.41, 5.74) is 0.290. The summed E-state index contributed by atoms with van der Waals surface area (Å²) in [5, 5.41) is 12.6. The summed E-state index contributed by atoms with van der Waals surface area (Å²) >= 11 is 0. The van der Waals surface area contributed by atoms with Crippen LogP contribution in [0.4, 0.5) is 11.6 Å². The predicted octanol–water partition coefficient (Wildman–Crippen LogP) is -0.478. The average Bonchev–Trinajstić information content (AvgIpc) is 2.54. The predicted molar refractivity (Wildman–Crippen MR) is 82.1 cm³/mol. The van der Waals surface area contributed by atoms with Gasteiger partial charge in [0.2, 0.25) is 11.9 Å². The van der Waals surface area contributed by atoms with Crippen LogP contribution in [0.25, 0.3) is 0 Å². The lowest BCUT2D eigenvalue weighted by molar-refractivity contribution is -0.297. The molecule has 0 aliphatic heterocycles. The first-order chi connectivity index (χ1) is 11.4. The molecule has 1 heterocycles. The summed E-state index contributed by atoms with van der Waals surface area (Å²) in [5.74, 6) is -2.26. The quantitative estimate of drug-likeness (QED) is 0.672. The molecule has 1 amide bonds. The monoisotopic (exact) mass is 347 g/mol. The fourth-order valence-corrected chi connectivity index (χ4v) is 2.53. The zero-order valence-corrected chi connectivity index (χ0v) is 12.9. The van der Waals surface area contributed by atoms with Crippen LogP contribution in [-0.2, 0) is 19.6 Å². The molecule has 0 atom stereocenters. The van der Waals surface area contributed by atoms with E-state index in [0.29, 0.717) is 6.08 Å². The topological polar surface area (TPSA) is 141 Å². The number of carboxylic acid groups (broad SMARTS) is 1. The van der Waals surface area contributed by atoms with Crippen molar-refractivity contribution in [1.82, 2.24) is 9.97 Å². The highest BCUT2D eigenvalue weighted by molar-refractivity contribution is 7.92. The van der Waals surface area contributed by atoms with Gasteiger partial charge in [-0.15, -0.1) is 0 Å². The molecule has 0 saturated heterocycles. The second kappa shape index (κ2) is 7.33. The van der Waals surface area contributed by atoms with Crippen LogP contribution in [0, 0.1) is 0 Å². The van der Waals surface area contributed by atoms with Gasteiger partial charge in [0, 0.05) is 24.2 Å². The van der Waals surface area contributed by atoms with Gasteiger partial charge in [-0.25, -0.2) is 23.1 Å². The Morgan fingerprint density at radius 3 is 2.25 bits per heavy atom. The molecule has 24 heavy (non-hydrogen) atoms. The molecule has 0 fully saturated rings. The first-order valence-electron chi connectivity index (χ1n) is 6.47. The second-order valence-electron chi connectivity index (χ2n) is 4.34. The molecule has 2 aromatic rings. The molecule has 0 saturated carbocycles. The Bertz CT molecular complexity index is 864. The van der Waals surface area contributed by atoms with Crippen molar-refractivity contribution in [3.8, 4) is 0 Å². The van der Waals surface area contributed by atoms with E-state index < -0.39 is 21.9 Å². The van der Waals surface area contributed by atoms with E-state index in [1.165, 1.54) is 36.7 Å². The molecule has 10 heteroatoms. The number of hydrogen-bond donors (Lipinski definition) is 2. The Balaban J connectivity index is 2.08. The number of benzene rings is 1. The average molecular weight is 347 g/mol. The molecule has 0 spiro atoms. The molecule has 0 bridgehead atoms. The van der Waals surface area contributed by atoms with Gasteiger partial charge in [0.15, 0.2) is 0 Å². The van der Waals surface area contributed by atoms with Gasteiger partial charge in [-0.2, -0.15) is 0 Å². The molecule has 2 N–H and O–H groups in total. The number of anilines is 2. The number of nitrogens with one attached hydrogen (secondary N) is 2. The summed E-state index contributed by atoms with van der Waals surface area (Å²) in [6.07, 6.45) is 4.15. The van der Waals surface area contributed by atoms with E-state index in [0.717, 1.165) is 6.08 Å². The molecule has 0 radical (unpaired) electrons. The van der Waals surface area contributed by atoms with E-state index in [1.54, 1.807) is 6.07 Å². The molecule has 124 valence electrons. The SMILES string of the molecule is O=C([O-])/C=C/C(=O)Nc1ccc(S(=O)(=O)Nc2ncccn2)cc1. The number of rotatable bonds is 6. The number of hydrogen-bond acceptors (Lipinski definition) is 7. The van der Waals surface area contributed by atoms with Crippen LogP contribution in [-0.4, -0.2) is 30.3 Å². The minimum atomic E-state index is -3.87. The lowest BCUT2D eigenvalue weighted by Gasteiger charge is -2.07. The summed E-state index contributed by atoms with van der Waals surface area (Å²) < 4.78 is 26.5. The fourth-order valence-electron chi connectivity index (χ4n) is 1.58. The maximum absolute atomic E-state index is 12.2. The van der Waals surface area contributed by atoms with Crippen LogP contribution in [0.15, 0.2) is 59.8 Å². The van der Waals surface area contributed by atoms with Crippen LogP contribution in [0.5, 0.6) is 0 Å². The largest absolute Gasteiger partial charge is 0.545 e. The van der Waals surface area contributed by atoms with E-state index in [-0.39, 0.29) is 16.5 Å². The zero-order chi connectivity index (χ0) is 17.6. The Labute approximate surface area is 137 Å². The van der Waals surface area contributed by atoms with Gasteiger partial charge in [0.05, 0.1) is 10.9 Å². The Morgan fingerprint density at radius 2 is 1.67 bits per heavy atom. The normalized spacial score (nSPS) is 11.2. The third kappa shape index (κ3) is 4.88. The third-order valence-corrected chi connectivity index (χ3v) is 3.94. The summed E-state index contributed by atoms with van der Waals surface area (Å²) in [4.78, 5) is 29.1. The maximum atomic E-state index is 12.2. The van der Waals surface area contributed by atoms with Crippen molar-refractivity contribution in [2.24, 2.45) is 0 Å². The number of aliphatic carboxylic acids is 1. The number of amides is 1. The Kier molecular flexibility index (Phi) is 5.22. The Morgan fingerprint density at radius 1 is 1.04 bits per heavy atom. The molecule has 9 nitrogen and oxygen atoms in total. The number of sulfonamides is 1. The lowest BCUT2D eigenvalue weighted by atomic mass is 10.3. The van der Waals surface area contributed by atoms with Gasteiger partial charge in [0.1, 0.15) is 0 Å². The summed E-state index contributed by atoms with van der Waals surface area (Å²) in [7, 11) is -3.87. The van der Waals surface area contributed by atoms with Crippen molar-refractivity contribution >= 4 is 33.5 Å². The fraction of sp³-hybridized carbons (Fsp3) is 0. The van der Waals surface area contributed by atoms with Gasteiger partial charge in [0.25, 0.3) is 10.0 Å². The third-order valence-electron chi connectivity index (χ3n) is 2.59. The number of nitrogens with zero attached hydrogens (tertiary/aromatic N) is 2. The van der Waals surface area contributed by atoms with E-state index in [1.807, 2.05) is 0 Å². The van der Waals surface area contributed by atoms with E-state index in [9.17, 15) is 23.1 Å². The molecular formula is C14H11N4O5S-. The second-order valence-corrected chi connectivity index (χ2v) is 6.03. The van der Waals surface area contributed by atoms with Crippen molar-refractivity contribution in [1.29, 1.82) is 0 Å². The highest BCUT2D eigenvalue weighted by atomic mass is 32.2. The van der Waals surface area contributed by atoms with E-state index in [4.69, 9.17) is 0 Å². The number of carboxylic acids is 1. The van der Waals surface area contributed by atoms with E-state index in [2.05, 4.69) is 20.0 Å². The van der Waals surface area contributed by atoms with Crippen LogP contribution in [0.2, 0.25) is 0 Å².